The largest absolute Gasteiger partial charge is 0.358 e. The molecule has 0 bridgehead atoms. The van der Waals surface area contributed by atoms with Crippen molar-refractivity contribution >= 4 is 22.7 Å². The van der Waals surface area contributed by atoms with E-state index in [4.69, 9.17) is 6.58 Å². The maximum Gasteiger partial charge on any atom is 0 e. The van der Waals surface area contributed by atoms with Gasteiger partial charge in [-0.1, -0.05) is 7.43 Å². The van der Waals surface area contributed by atoms with Crippen LogP contribution < -0.4 is 0 Å². The molecule has 0 aromatic heterocycles. The summed E-state index contributed by atoms with van der Waals surface area (Å²) in [6.45, 7) is 4.95. The van der Waals surface area contributed by atoms with Gasteiger partial charge in [-0.3, -0.25) is 0 Å². The van der Waals surface area contributed by atoms with Crippen molar-refractivity contribution in [3.05, 3.63) is 20.2 Å². The first kappa shape index (κ1) is 22.8. The van der Waals surface area contributed by atoms with E-state index >= 15 is 0 Å². The molecule has 0 amide bonds. The van der Waals surface area contributed by atoms with Crippen molar-refractivity contribution in [3.63, 3.8) is 0 Å². The summed E-state index contributed by atoms with van der Waals surface area (Å²) in [5, 5.41) is 0. The standard InChI is InChI=1S/C5H5NS.CH4.CH3.W.Y/c1-2-6-4-3-5-7;;;;/h1-2,7H,5H2;1H4;1H3;;/q-2;;-1;;. The smallest absolute Gasteiger partial charge is 0 e. The third-order valence-electron chi connectivity index (χ3n) is 0.407. The van der Waals surface area contributed by atoms with Crippen LogP contribution in [0.3, 0.4) is 0 Å². The number of hydrogen-bond acceptors (Lipinski definition) is 2. The topological polar surface area (TPSA) is 12.4 Å². The zero-order valence-electron chi connectivity index (χ0n) is 5.74. The van der Waals surface area contributed by atoms with Crippen LogP contribution in [0, 0.1) is 14.0 Å². The molecule has 1 nitrogen and oxygen atoms in total. The van der Waals surface area contributed by atoms with E-state index in [0.717, 1.165) is 3.90 Å². The molecule has 0 heterocycles. The van der Waals surface area contributed by atoms with E-state index in [1.807, 2.05) is 0 Å². The van der Waals surface area contributed by atoms with Crippen LogP contribution in [0.4, 0.5) is 0 Å². The summed E-state index contributed by atoms with van der Waals surface area (Å²) in [6, 6.07) is 0. The minimum atomic E-state index is 0. The quantitative estimate of drug-likeness (QED) is 0.409. The van der Waals surface area contributed by atoms with Crippen LogP contribution in [-0.4, -0.2) is 15.9 Å². The van der Waals surface area contributed by atoms with Crippen LogP contribution in [0.1, 0.15) is 7.43 Å². The van der Waals surface area contributed by atoms with E-state index in [9.17, 15) is 0 Å². The van der Waals surface area contributed by atoms with Crippen LogP contribution in [0.2, 0.25) is 0 Å². The fourth-order valence-corrected chi connectivity index (χ4v) is 0.405. The molecule has 0 aromatic rings. The van der Waals surface area contributed by atoms with Crippen molar-refractivity contribution in [3.8, 4) is 0 Å². The average molecular weight is 415 g/mol. The van der Waals surface area contributed by atoms with Crippen molar-refractivity contribution in [1.82, 2.24) is 0 Å². The van der Waals surface area contributed by atoms with Gasteiger partial charge in [0.05, 0.1) is 0 Å². The van der Waals surface area contributed by atoms with Crippen molar-refractivity contribution in [2.24, 2.45) is 4.99 Å². The number of aliphatic imine (C=N–C) groups is 1. The summed E-state index contributed by atoms with van der Waals surface area (Å²) in [6.07, 6.45) is 3.92. The van der Waals surface area contributed by atoms with Gasteiger partial charge >= 0.3 is 65.6 Å². The maximum atomic E-state index is 4.95. The number of thiol groups is 1. The molecule has 0 aliphatic carbocycles. The van der Waals surface area contributed by atoms with Gasteiger partial charge in [0.15, 0.2) is 0 Å². The number of hydrogen-bond donors (Lipinski definition) is 1. The van der Waals surface area contributed by atoms with Crippen LogP contribution in [-0.2, 0) is 52.1 Å². The predicted octanol–water partition coefficient (Wildman–Crippen LogP) is 1.61. The molecule has 1 radical (unpaired) electrons. The Labute approximate surface area is 112 Å². The molecule has 11 heavy (non-hydrogen) atoms. The third-order valence-corrected chi connectivity index (χ3v) is 2.41. The van der Waals surface area contributed by atoms with Crippen molar-refractivity contribution in [2.45, 2.75) is 7.43 Å². The Morgan fingerprint density at radius 3 is 2.45 bits per heavy atom. The Morgan fingerprint density at radius 1 is 1.73 bits per heavy atom. The molecule has 0 atom stereocenters. The fourth-order valence-electron chi connectivity index (χ4n) is 0.145. The van der Waals surface area contributed by atoms with Crippen LogP contribution >= 0.6 is 12.6 Å². The molecule has 4 heteroatoms. The Hall–Kier alpha value is 1.42. The molecule has 0 fully saturated rings. The Kier molecular flexibility index (Phi) is 36.3. The molecule has 0 N–H and O–H groups in total. The van der Waals surface area contributed by atoms with Crippen molar-refractivity contribution < 1.29 is 52.1 Å². The zero-order chi connectivity index (χ0) is 6.41. The van der Waals surface area contributed by atoms with Gasteiger partial charge in [-0.2, -0.15) is 0 Å². The third kappa shape index (κ3) is 18.4. The molecule has 63 valence electrons. The van der Waals surface area contributed by atoms with Gasteiger partial charge in [0, 0.05) is 32.7 Å². The molecular weight excluding hydrogens is 403 g/mol. The van der Waals surface area contributed by atoms with Crippen molar-refractivity contribution in [2.75, 3.05) is 5.75 Å². The Morgan fingerprint density at radius 2 is 2.18 bits per heavy atom. The second-order valence-corrected chi connectivity index (χ2v) is 3.06. The van der Waals surface area contributed by atoms with Gasteiger partial charge < -0.3 is 7.43 Å². The minimum absolute atomic E-state index is 0. The average Bonchev–Trinajstić information content (AvgIpc) is 1.83. The summed E-state index contributed by atoms with van der Waals surface area (Å²) < 4.78 is 1.06. The molecular formula is C7H12NSWY-3. The van der Waals surface area contributed by atoms with Gasteiger partial charge in [0.25, 0.3) is 0 Å². The summed E-state index contributed by atoms with van der Waals surface area (Å²) >= 11 is 5.33. The zero-order valence-corrected chi connectivity index (χ0v) is 12.4. The van der Waals surface area contributed by atoms with E-state index in [1.165, 1.54) is 25.6 Å². The summed E-state index contributed by atoms with van der Waals surface area (Å²) in [7, 11) is 0. The first-order valence-electron chi connectivity index (χ1n) is 1.94. The second-order valence-electron chi connectivity index (χ2n) is 0.971. The van der Waals surface area contributed by atoms with Crippen LogP contribution in [0.25, 0.3) is 0 Å². The Bertz CT molecular complexity index is 126. The summed E-state index contributed by atoms with van der Waals surface area (Å²) in [5.74, 6) is 0.715. The van der Waals surface area contributed by atoms with Gasteiger partial charge in [-0.25, -0.2) is 0 Å². The van der Waals surface area contributed by atoms with E-state index < -0.39 is 0 Å². The van der Waals surface area contributed by atoms with Gasteiger partial charge in [0.1, 0.15) is 0 Å². The first-order chi connectivity index (χ1) is 3.81. The molecule has 0 aromatic carbocycles. The summed E-state index contributed by atoms with van der Waals surface area (Å²) in [4.78, 5) is 3.58. The van der Waals surface area contributed by atoms with Gasteiger partial charge in [-0.15, -0.1) is 0 Å². The molecule has 0 unspecified atom stereocenters. The van der Waals surface area contributed by atoms with Gasteiger partial charge in [0.2, 0.25) is 0 Å². The molecule has 0 aliphatic rings. The molecule has 0 aliphatic heterocycles. The van der Waals surface area contributed by atoms with Crippen LogP contribution in [0.15, 0.2) is 11.2 Å². The molecule has 0 saturated heterocycles. The molecule has 0 saturated carbocycles. The maximum absolute atomic E-state index is 4.95. The predicted molar refractivity (Wildman–Crippen MR) is 48.3 cm³/mol. The second kappa shape index (κ2) is 17.5. The Balaban J connectivity index is -0.0000000817. The first-order valence-corrected chi connectivity index (χ1v) is 4.04. The fraction of sp³-hybridized carbons (Fsp3) is 0.286. The monoisotopic (exact) mass is 415 g/mol. The van der Waals surface area contributed by atoms with Crippen LogP contribution in [0.5, 0.6) is 0 Å². The normalized spacial score (nSPS) is 7.00. The molecule has 0 spiro atoms. The van der Waals surface area contributed by atoms with E-state index in [2.05, 4.69) is 23.8 Å². The molecule has 0 rings (SSSR count). The number of nitrogens with zero attached hydrogens (tertiary/aromatic N) is 1. The summed E-state index contributed by atoms with van der Waals surface area (Å²) in [5.41, 5.74) is 0. The number of rotatable bonds is 3. The van der Waals surface area contributed by atoms with E-state index in [0.29, 0.717) is 5.75 Å². The minimum Gasteiger partial charge on any atom is -0.358 e. The van der Waals surface area contributed by atoms with E-state index in [1.54, 1.807) is 0 Å². The SMILES string of the molecule is C.[CH-]=CN=[C-][C](=[W])CS.[CH3-].[Y]. The van der Waals surface area contributed by atoms with Gasteiger partial charge in [-0.05, 0) is 0 Å². The van der Waals surface area contributed by atoms with Crippen molar-refractivity contribution in [1.29, 1.82) is 0 Å². The van der Waals surface area contributed by atoms with E-state index in [-0.39, 0.29) is 47.6 Å².